The van der Waals surface area contributed by atoms with Crippen molar-refractivity contribution in [2.45, 2.75) is 19.8 Å². The molecule has 2 N–H and O–H groups in total. The largest absolute Gasteiger partial charge is 0.506 e. The molecule has 0 saturated carbocycles. The number of nitrogens with one attached hydrogen (secondary N) is 1. The number of benzene rings is 2. The number of azo groups is 1. The third-order valence-corrected chi connectivity index (χ3v) is 3.36. The van der Waals surface area contributed by atoms with E-state index in [2.05, 4.69) is 15.5 Å². The average Bonchev–Trinajstić information content (AvgIpc) is 2.60. The third kappa shape index (κ3) is 5.01. The van der Waals surface area contributed by atoms with Gasteiger partial charge in [-0.05, 0) is 55.3 Å². The maximum Gasteiger partial charge on any atom is 0.220 e. The van der Waals surface area contributed by atoms with Crippen molar-refractivity contribution in [3.8, 4) is 5.75 Å². The number of rotatable bonds is 7. The summed E-state index contributed by atoms with van der Waals surface area (Å²) in [7, 11) is 0. The highest BCUT2D eigenvalue weighted by Crippen LogP contribution is 2.29. The van der Waals surface area contributed by atoms with Crippen LogP contribution in [-0.4, -0.2) is 23.8 Å². The Balaban J connectivity index is 2.08. The van der Waals surface area contributed by atoms with E-state index in [1.165, 1.54) is 6.07 Å². The summed E-state index contributed by atoms with van der Waals surface area (Å²) in [6.45, 7) is 2.48. The third-order valence-electron chi connectivity index (χ3n) is 3.36. The first-order valence-electron chi connectivity index (χ1n) is 7.68. The Labute approximate surface area is 140 Å². The lowest BCUT2D eigenvalue weighted by Crippen LogP contribution is -2.22. The molecule has 2 aromatic rings. The molecule has 124 valence electrons. The predicted octanol–water partition coefficient (Wildman–Crippen LogP) is 3.69. The number of hydrogen-bond acceptors (Lipinski definition) is 5. The molecular weight excluding hydrogens is 306 g/mol. The number of hydrogen-bond donors (Lipinski definition) is 2. The van der Waals surface area contributed by atoms with Crippen LogP contribution in [0.1, 0.15) is 29.3 Å². The predicted molar refractivity (Wildman–Crippen MR) is 91.1 cm³/mol. The number of carbonyl (C=O) groups is 2. The maximum atomic E-state index is 11.5. The van der Waals surface area contributed by atoms with Crippen LogP contribution in [0, 0.1) is 0 Å². The molecule has 1 amide bonds. The zero-order chi connectivity index (χ0) is 17.4. The molecule has 6 nitrogen and oxygen atoms in total. The molecule has 0 aliphatic heterocycles. The molecule has 6 heteroatoms. The summed E-state index contributed by atoms with van der Waals surface area (Å²) in [4.78, 5) is 22.1. The van der Waals surface area contributed by atoms with Crippen molar-refractivity contribution in [2.75, 3.05) is 6.54 Å². The molecule has 0 bridgehead atoms. The summed E-state index contributed by atoms with van der Waals surface area (Å²) < 4.78 is 0. The molecule has 2 rings (SSSR count). The van der Waals surface area contributed by atoms with E-state index in [4.69, 9.17) is 0 Å². The van der Waals surface area contributed by atoms with Crippen LogP contribution in [0.25, 0.3) is 0 Å². The van der Waals surface area contributed by atoms with Gasteiger partial charge in [-0.25, -0.2) is 0 Å². The molecule has 24 heavy (non-hydrogen) atoms. The molecule has 2 aromatic carbocycles. The van der Waals surface area contributed by atoms with Gasteiger partial charge in [0.1, 0.15) is 17.7 Å². The lowest BCUT2D eigenvalue weighted by atomic mass is 10.1. The minimum atomic E-state index is -0.0102. The quantitative estimate of drug-likeness (QED) is 0.601. The highest BCUT2D eigenvalue weighted by molar-refractivity contribution is 5.76. The highest BCUT2D eigenvalue weighted by atomic mass is 16.3. The summed E-state index contributed by atoms with van der Waals surface area (Å²) in [5.74, 6) is 0.00837. The van der Waals surface area contributed by atoms with Gasteiger partial charge in [0, 0.05) is 18.5 Å². The van der Waals surface area contributed by atoms with Gasteiger partial charge in [-0.2, -0.15) is 5.11 Å². The van der Waals surface area contributed by atoms with Crippen LogP contribution < -0.4 is 5.32 Å². The van der Waals surface area contributed by atoms with E-state index in [0.717, 1.165) is 11.8 Å². The second kappa shape index (κ2) is 8.57. The summed E-state index contributed by atoms with van der Waals surface area (Å²) in [5.41, 5.74) is 2.36. The maximum absolute atomic E-state index is 11.5. The SMILES string of the molecule is CCNC(=O)CCc1ccc(O)c(/N=N/c2ccc(C=O)cc2)c1. The number of aromatic hydroxyl groups is 1. The average molecular weight is 325 g/mol. The number of phenolic OH excluding ortho intramolecular Hbond substituents is 1. The first-order chi connectivity index (χ1) is 11.6. The van der Waals surface area contributed by atoms with E-state index >= 15 is 0 Å². The van der Waals surface area contributed by atoms with Crippen molar-refractivity contribution in [1.29, 1.82) is 0 Å². The zero-order valence-corrected chi connectivity index (χ0v) is 13.4. The standard InChI is InChI=1S/C18H19N3O3/c1-2-19-18(24)10-6-13-5-9-17(23)16(11-13)21-20-15-7-3-14(12-22)4-8-15/h3-5,7-9,11-12,23H,2,6,10H2,1H3,(H,19,24)/b21-20+. The van der Waals surface area contributed by atoms with Crippen LogP contribution in [0.5, 0.6) is 5.75 Å². The van der Waals surface area contributed by atoms with Gasteiger partial charge >= 0.3 is 0 Å². The fraction of sp³-hybridized carbons (Fsp3) is 0.222. The van der Waals surface area contributed by atoms with Crippen LogP contribution in [0.4, 0.5) is 11.4 Å². The molecule has 0 fully saturated rings. The van der Waals surface area contributed by atoms with E-state index in [0.29, 0.717) is 36.3 Å². The van der Waals surface area contributed by atoms with Crippen molar-refractivity contribution in [3.05, 3.63) is 53.6 Å². The van der Waals surface area contributed by atoms with Gasteiger partial charge in [-0.15, -0.1) is 5.11 Å². The summed E-state index contributed by atoms with van der Waals surface area (Å²) in [6.07, 6.45) is 1.69. The monoisotopic (exact) mass is 325 g/mol. The number of nitrogens with zero attached hydrogens (tertiary/aromatic N) is 2. The molecule has 0 aromatic heterocycles. The minimum Gasteiger partial charge on any atom is -0.506 e. The van der Waals surface area contributed by atoms with Gasteiger partial charge in [0.25, 0.3) is 0 Å². The number of carbonyl (C=O) groups excluding carboxylic acids is 2. The molecule has 0 saturated heterocycles. The smallest absolute Gasteiger partial charge is 0.220 e. The normalized spacial score (nSPS) is 10.7. The molecule has 0 aliphatic carbocycles. The van der Waals surface area contributed by atoms with Crippen molar-refractivity contribution in [3.63, 3.8) is 0 Å². The van der Waals surface area contributed by atoms with E-state index in [-0.39, 0.29) is 11.7 Å². The lowest BCUT2D eigenvalue weighted by Gasteiger charge is -2.04. The molecule has 0 radical (unpaired) electrons. The topological polar surface area (TPSA) is 91.1 Å². The molecular formula is C18H19N3O3. The number of phenols is 1. The molecule has 0 unspecified atom stereocenters. The Kier molecular flexibility index (Phi) is 6.19. The van der Waals surface area contributed by atoms with Gasteiger partial charge in [-0.1, -0.05) is 6.07 Å². The highest BCUT2D eigenvalue weighted by Gasteiger charge is 2.05. The summed E-state index contributed by atoms with van der Waals surface area (Å²) >= 11 is 0. The van der Waals surface area contributed by atoms with Crippen molar-refractivity contribution in [2.24, 2.45) is 10.2 Å². The minimum absolute atomic E-state index is 0.0102. The van der Waals surface area contributed by atoms with Crippen LogP contribution in [0.2, 0.25) is 0 Å². The Morgan fingerprint density at radius 3 is 2.58 bits per heavy atom. The fourth-order valence-electron chi connectivity index (χ4n) is 2.08. The van der Waals surface area contributed by atoms with Crippen molar-refractivity contribution >= 4 is 23.6 Å². The Morgan fingerprint density at radius 1 is 1.17 bits per heavy atom. The molecule has 0 spiro atoms. The number of aldehydes is 1. The van der Waals surface area contributed by atoms with Crippen molar-refractivity contribution < 1.29 is 14.7 Å². The van der Waals surface area contributed by atoms with Gasteiger partial charge in [-0.3, -0.25) is 9.59 Å². The molecule has 0 heterocycles. The molecule has 0 atom stereocenters. The van der Waals surface area contributed by atoms with E-state index in [1.807, 2.05) is 6.92 Å². The Bertz CT molecular complexity index is 740. The van der Waals surface area contributed by atoms with Crippen LogP contribution in [0.3, 0.4) is 0 Å². The second-order valence-corrected chi connectivity index (χ2v) is 5.19. The van der Waals surface area contributed by atoms with Crippen LogP contribution in [0.15, 0.2) is 52.7 Å². The second-order valence-electron chi connectivity index (χ2n) is 5.19. The van der Waals surface area contributed by atoms with E-state index < -0.39 is 0 Å². The number of aryl methyl sites for hydroxylation is 1. The Morgan fingerprint density at radius 2 is 1.92 bits per heavy atom. The zero-order valence-electron chi connectivity index (χ0n) is 13.4. The van der Waals surface area contributed by atoms with E-state index in [1.54, 1.807) is 36.4 Å². The van der Waals surface area contributed by atoms with Crippen LogP contribution >= 0.6 is 0 Å². The van der Waals surface area contributed by atoms with Crippen LogP contribution in [-0.2, 0) is 11.2 Å². The fourth-order valence-corrected chi connectivity index (χ4v) is 2.08. The van der Waals surface area contributed by atoms with Gasteiger partial charge in [0.15, 0.2) is 0 Å². The molecule has 0 aliphatic rings. The lowest BCUT2D eigenvalue weighted by molar-refractivity contribution is -0.120. The summed E-state index contributed by atoms with van der Waals surface area (Å²) in [6, 6.07) is 11.6. The van der Waals surface area contributed by atoms with Gasteiger partial charge < -0.3 is 10.4 Å². The summed E-state index contributed by atoms with van der Waals surface area (Å²) in [5, 5.41) is 20.7. The van der Waals surface area contributed by atoms with Gasteiger partial charge in [0.05, 0.1) is 5.69 Å². The van der Waals surface area contributed by atoms with Gasteiger partial charge in [0.2, 0.25) is 5.91 Å². The number of amides is 1. The first-order valence-corrected chi connectivity index (χ1v) is 7.68. The Hall–Kier alpha value is -3.02. The first kappa shape index (κ1) is 17.3. The van der Waals surface area contributed by atoms with Crippen molar-refractivity contribution in [1.82, 2.24) is 5.32 Å². The van der Waals surface area contributed by atoms with E-state index in [9.17, 15) is 14.7 Å².